The molecule has 0 unspecified atom stereocenters. The average molecular weight is 520 g/mol. The van der Waals surface area contributed by atoms with E-state index in [1.165, 1.54) is 0 Å². The number of benzene rings is 3. The van der Waals surface area contributed by atoms with Gasteiger partial charge in [0.05, 0.1) is 0 Å². The van der Waals surface area contributed by atoms with Crippen LogP contribution >= 0.6 is 0 Å². The maximum Gasteiger partial charge on any atom is 2.00 e. The molecule has 0 amide bonds. The molecule has 3 aromatic rings. The smallest absolute Gasteiger partial charge is 0.346 e. The van der Waals surface area contributed by atoms with Crippen molar-refractivity contribution in [3.63, 3.8) is 0 Å². The molecule has 0 saturated heterocycles. The van der Waals surface area contributed by atoms with Crippen LogP contribution in [0.1, 0.15) is 11.1 Å². The van der Waals surface area contributed by atoms with E-state index in [1.807, 2.05) is 54.6 Å². The summed E-state index contributed by atoms with van der Waals surface area (Å²) in [5, 5.41) is 0. The van der Waals surface area contributed by atoms with Crippen molar-refractivity contribution in [2.45, 2.75) is 0 Å². The molecule has 0 saturated carbocycles. The van der Waals surface area contributed by atoms with Crippen LogP contribution in [-0.4, -0.2) is 26.5 Å². The number of aliphatic imine (C=N–C) groups is 2. The van der Waals surface area contributed by atoms with Gasteiger partial charge in [-0.05, 0) is 23.5 Å². The van der Waals surface area contributed by atoms with E-state index in [2.05, 4.69) is 39.2 Å². The number of hydrogen-bond acceptors (Lipinski definition) is 3. The SMILES string of the molecule is CN=Cc1[c-]c(N(c2[c-]c(C=NC)ccc2)c2ccccc2)ccc1.[Pt+2]. The third kappa shape index (κ3) is 4.77. The normalized spacial score (nSPS) is 10.8. The third-order valence-corrected chi connectivity index (χ3v) is 3.64. The number of hydrogen-bond donors (Lipinski definition) is 0. The molecule has 0 N–H and O–H groups in total. The van der Waals surface area contributed by atoms with Gasteiger partial charge in [-0.2, -0.15) is 0 Å². The van der Waals surface area contributed by atoms with Gasteiger partial charge in [-0.15, -0.1) is 59.7 Å². The van der Waals surface area contributed by atoms with Gasteiger partial charge in [0.25, 0.3) is 0 Å². The molecule has 0 aliphatic rings. The number of rotatable bonds is 5. The van der Waals surface area contributed by atoms with Crippen molar-refractivity contribution >= 4 is 29.5 Å². The molecule has 4 heteroatoms. The second-order valence-electron chi connectivity index (χ2n) is 5.43. The molecule has 0 atom stereocenters. The zero-order valence-corrected chi connectivity index (χ0v) is 16.9. The Kier molecular flexibility index (Phi) is 7.50. The van der Waals surface area contributed by atoms with E-state index in [4.69, 9.17) is 0 Å². The first-order valence-electron chi connectivity index (χ1n) is 8.06. The van der Waals surface area contributed by atoms with E-state index < -0.39 is 0 Å². The Bertz CT molecular complexity index is 833. The largest absolute Gasteiger partial charge is 2.00 e. The Hall–Kier alpha value is -2.51. The van der Waals surface area contributed by atoms with E-state index in [0.717, 1.165) is 28.2 Å². The number of para-hydroxylation sites is 1. The molecule has 0 radical (unpaired) electrons. The van der Waals surface area contributed by atoms with Crippen molar-refractivity contribution in [2.24, 2.45) is 9.98 Å². The van der Waals surface area contributed by atoms with E-state index in [0.29, 0.717) is 0 Å². The van der Waals surface area contributed by atoms with Crippen molar-refractivity contribution in [2.75, 3.05) is 19.0 Å². The topological polar surface area (TPSA) is 28.0 Å². The Morgan fingerprint density at radius 1 is 0.692 bits per heavy atom. The van der Waals surface area contributed by atoms with Crippen LogP contribution in [0.3, 0.4) is 0 Å². The molecule has 26 heavy (non-hydrogen) atoms. The molecule has 0 fully saturated rings. The molecule has 0 aliphatic carbocycles. The molecule has 3 rings (SSSR count). The van der Waals surface area contributed by atoms with Crippen molar-refractivity contribution in [1.82, 2.24) is 0 Å². The molecule has 0 aromatic heterocycles. The Labute approximate surface area is 169 Å². The Balaban J connectivity index is 0.00000243. The second kappa shape index (κ2) is 9.84. The summed E-state index contributed by atoms with van der Waals surface area (Å²) >= 11 is 0. The summed E-state index contributed by atoms with van der Waals surface area (Å²) in [6.45, 7) is 0. The quantitative estimate of drug-likeness (QED) is 0.349. The summed E-state index contributed by atoms with van der Waals surface area (Å²) in [5.74, 6) is 0. The van der Waals surface area contributed by atoms with Gasteiger partial charge in [-0.25, -0.2) is 0 Å². The summed E-state index contributed by atoms with van der Waals surface area (Å²) in [6.07, 6.45) is 3.60. The van der Waals surface area contributed by atoms with Crippen LogP contribution in [0.4, 0.5) is 17.1 Å². The minimum Gasteiger partial charge on any atom is -0.346 e. The van der Waals surface area contributed by atoms with Gasteiger partial charge in [0, 0.05) is 19.8 Å². The molecular weight excluding hydrogens is 501 g/mol. The number of nitrogens with zero attached hydrogens (tertiary/aromatic N) is 3. The van der Waals surface area contributed by atoms with Crippen LogP contribution in [0.15, 0.2) is 76.7 Å². The van der Waals surface area contributed by atoms with E-state index in [-0.39, 0.29) is 21.1 Å². The van der Waals surface area contributed by atoms with Crippen LogP contribution < -0.4 is 4.90 Å². The standard InChI is InChI=1S/C22H19N3.Pt/c1-23-16-18-8-6-12-21(14-18)25(20-10-4-3-5-11-20)22-13-7-9-19(15-22)17-24-2;/h3-13,16-17H,1-2H3;/q-2;+2. The number of anilines is 3. The summed E-state index contributed by atoms with van der Waals surface area (Å²) in [6, 6.07) is 29.1. The van der Waals surface area contributed by atoms with Gasteiger partial charge in [0.2, 0.25) is 0 Å². The van der Waals surface area contributed by atoms with E-state index >= 15 is 0 Å². The molecule has 0 heterocycles. The summed E-state index contributed by atoms with van der Waals surface area (Å²) in [7, 11) is 3.52. The monoisotopic (exact) mass is 520 g/mol. The first-order chi connectivity index (χ1) is 12.3. The summed E-state index contributed by atoms with van der Waals surface area (Å²) < 4.78 is 0. The van der Waals surface area contributed by atoms with Gasteiger partial charge < -0.3 is 14.9 Å². The second-order valence-corrected chi connectivity index (χ2v) is 5.43. The Morgan fingerprint density at radius 3 is 1.65 bits per heavy atom. The maximum atomic E-state index is 4.09. The molecule has 132 valence electrons. The van der Waals surface area contributed by atoms with E-state index in [1.54, 1.807) is 26.5 Å². The molecule has 3 aromatic carbocycles. The zero-order valence-electron chi connectivity index (χ0n) is 14.7. The van der Waals surface area contributed by atoms with Crippen molar-refractivity contribution in [3.05, 3.63) is 90.0 Å². The summed E-state index contributed by atoms with van der Waals surface area (Å²) in [4.78, 5) is 10.3. The van der Waals surface area contributed by atoms with Crippen LogP contribution in [0.2, 0.25) is 0 Å². The third-order valence-electron chi connectivity index (χ3n) is 3.64. The molecule has 0 bridgehead atoms. The minimum atomic E-state index is 0. The maximum absolute atomic E-state index is 4.09. The predicted octanol–water partition coefficient (Wildman–Crippen LogP) is 4.85. The van der Waals surface area contributed by atoms with E-state index in [9.17, 15) is 0 Å². The first-order valence-corrected chi connectivity index (χ1v) is 8.06. The fraction of sp³-hybridized carbons (Fsp3) is 0.0909. The fourth-order valence-corrected chi connectivity index (χ4v) is 2.62. The van der Waals surface area contributed by atoms with Gasteiger partial charge in [-0.3, -0.25) is 0 Å². The van der Waals surface area contributed by atoms with Gasteiger partial charge in [-0.1, -0.05) is 30.6 Å². The molecule has 3 nitrogen and oxygen atoms in total. The molecule has 0 aliphatic heterocycles. The van der Waals surface area contributed by atoms with Crippen molar-refractivity contribution in [3.8, 4) is 0 Å². The van der Waals surface area contributed by atoms with Crippen molar-refractivity contribution < 1.29 is 21.1 Å². The first kappa shape index (κ1) is 19.8. The Morgan fingerprint density at radius 2 is 1.19 bits per heavy atom. The van der Waals surface area contributed by atoms with Gasteiger partial charge in [0.1, 0.15) is 0 Å². The molecule has 0 spiro atoms. The van der Waals surface area contributed by atoms with Crippen molar-refractivity contribution in [1.29, 1.82) is 0 Å². The van der Waals surface area contributed by atoms with Crippen LogP contribution in [0, 0.1) is 12.1 Å². The fourth-order valence-electron chi connectivity index (χ4n) is 2.62. The van der Waals surface area contributed by atoms with Crippen LogP contribution in [0.5, 0.6) is 0 Å². The summed E-state index contributed by atoms with van der Waals surface area (Å²) in [5.41, 5.74) is 4.79. The minimum absolute atomic E-state index is 0. The zero-order chi connectivity index (χ0) is 17.5. The van der Waals surface area contributed by atoms with Crippen LogP contribution in [0.25, 0.3) is 0 Å². The predicted molar refractivity (Wildman–Crippen MR) is 106 cm³/mol. The molecular formula is C22H19N3Pt. The van der Waals surface area contributed by atoms with Gasteiger partial charge >= 0.3 is 21.1 Å². The van der Waals surface area contributed by atoms with Gasteiger partial charge in [0.15, 0.2) is 0 Å². The van der Waals surface area contributed by atoms with Crippen LogP contribution in [-0.2, 0) is 21.1 Å². The average Bonchev–Trinajstić information content (AvgIpc) is 2.64.